The van der Waals surface area contributed by atoms with E-state index in [4.69, 9.17) is 14.2 Å². The molecule has 1 saturated heterocycles. The van der Waals surface area contributed by atoms with Crippen LogP contribution in [0.4, 0.5) is 4.79 Å². The molecule has 3 aromatic carbocycles. The predicted molar refractivity (Wildman–Crippen MR) is 154 cm³/mol. The van der Waals surface area contributed by atoms with Crippen LogP contribution in [0.15, 0.2) is 66.7 Å². The van der Waals surface area contributed by atoms with Crippen LogP contribution >= 0.6 is 0 Å². The lowest BCUT2D eigenvalue weighted by Gasteiger charge is -2.35. The molecular weight excluding hydrogens is 488 g/mol. The number of amides is 1. The molecule has 1 amide bonds. The topological polar surface area (TPSA) is 51.2 Å². The van der Waals surface area contributed by atoms with E-state index in [0.29, 0.717) is 32.1 Å². The molecule has 0 unspecified atom stereocenters. The van der Waals surface area contributed by atoms with Gasteiger partial charge in [0.05, 0.1) is 6.61 Å². The van der Waals surface area contributed by atoms with Crippen molar-refractivity contribution in [3.05, 3.63) is 89.0 Å². The molecule has 3 aromatic rings. The number of likely N-dealkylation sites (tertiary alicyclic amines) is 1. The van der Waals surface area contributed by atoms with E-state index >= 15 is 0 Å². The van der Waals surface area contributed by atoms with Crippen LogP contribution in [0, 0.1) is 6.92 Å². The minimum absolute atomic E-state index is 0.0997. The van der Waals surface area contributed by atoms with Crippen LogP contribution in [-0.4, -0.2) is 61.8 Å². The molecule has 0 bridgehead atoms. The first-order chi connectivity index (χ1) is 19.1. The Balaban J connectivity index is 1.39. The molecule has 2 aliphatic heterocycles. The monoisotopic (exact) mass is 528 g/mol. The minimum atomic E-state index is -0.342. The van der Waals surface area contributed by atoms with E-state index in [2.05, 4.69) is 60.4 Å². The summed E-state index contributed by atoms with van der Waals surface area (Å²) in [5.41, 5.74) is 4.80. The lowest BCUT2D eigenvalue weighted by molar-refractivity contribution is 0.157. The van der Waals surface area contributed by atoms with Crippen molar-refractivity contribution in [1.82, 2.24) is 9.80 Å². The molecule has 6 nitrogen and oxygen atoms in total. The van der Waals surface area contributed by atoms with Gasteiger partial charge in [-0.1, -0.05) is 48.0 Å². The molecular formula is C33H40N2O4. The van der Waals surface area contributed by atoms with Crippen molar-refractivity contribution in [2.24, 2.45) is 0 Å². The van der Waals surface area contributed by atoms with Crippen molar-refractivity contribution in [3.8, 4) is 17.2 Å². The Morgan fingerprint density at radius 1 is 0.923 bits per heavy atom. The highest BCUT2D eigenvalue weighted by molar-refractivity contribution is 5.71. The molecule has 0 saturated carbocycles. The van der Waals surface area contributed by atoms with Gasteiger partial charge in [-0.25, -0.2) is 4.79 Å². The molecule has 2 atom stereocenters. The second kappa shape index (κ2) is 12.6. The van der Waals surface area contributed by atoms with Gasteiger partial charge < -0.3 is 19.1 Å². The Labute approximate surface area is 232 Å². The van der Waals surface area contributed by atoms with E-state index in [1.54, 1.807) is 4.90 Å². The number of aryl methyl sites for hydroxylation is 1. The second-order valence-electron chi connectivity index (χ2n) is 10.5. The Morgan fingerprint density at radius 2 is 1.59 bits per heavy atom. The van der Waals surface area contributed by atoms with Crippen molar-refractivity contribution < 1.29 is 19.0 Å². The van der Waals surface area contributed by atoms with E-state index in [1.807, 2.05) is 32.0 Å². The smallest absolute Gasteiger partial charge is 0.415 e. The van der Waals surface area contributed by atoms with Gasteiger partial charge in [0.25, 0.3) is 0 Å². The van der Waals surface area contributed by atoms with Crippen LogP contribution < -0.4 is 14.2 Å². The molecule has 2 heterocycles. The Morgan fingerprint density at radius 3 is 2.28 bits per heavy atom. The van der Waals surface area contributed by atoms with Crippen LogP contribution in [0.1, 0.15) is 60.8 Å². The number of nitrogens with zero attached hydrogens (tertiary/aromatic N) is 2. The van der Waals surface area contributed by atoms with Crippen LogP contribution in [0.25, 0.3) is 0 Å². The normalized spacial score (nSPS) is 18.7. The average Bonchev–Trinajstić information content (AvgIpc) is 3.48. The third-order valence-electron chi connectivity index (χ3n) is 7.99. The maximum Gasteiger partial charge on any atom is 0.415 e. The number of carbonyl (C=O) groups is 1. The molecule has 0 spiro atoms. The maximum atomic E-state index is 12.5. The van der Waals surface area contributed by atoms with Gasteiger partial charge in [-0.3, -0.25) is 4.90 Å². The zero-order valence-electron chi connectivity index (χ0n) is 23.4. The van der Waals surface area contributed by atoms with Crippen molar-refractivity contribution in [1.29, 1.82) is 0 Å². The van der Waals surface area contributed by atoms with Gasteiger partial charge in [0, 0.05) is 43.1 Å². The first kappa shape index (κ1) is 27.1. The highest BCUT2D eigenvalue weighted by Crippen LogP contribution is 2.47. The van der Waals surface area contributed by atoms with E-state index in [9.17, 15) is 4.79 Å². The molecule has 0 radical (unpaired) electrons. The van der Waals surface area contributed by atoms with Crippen molar-refractivity contribution in [2.75, 3.05) is 45.9 Å². The molecule has 0 aliphatic carbocycles. The van der Waals surface area contributed by atoms with Gasteiger partial charge in [-0.15, -0.1) is 0 Å². The van der Waals surface area contributed by atoms with Crippen molar-refractivity contribution in [3.63, 3.8) is 0 Å². The summed E-state index contributed by atoms with van der Waals surface area (Å²) in [6.07, 6.45) is 2.25. The summed E-state index contributed by atoms with van der Waals surface area (Å²) >= 11 is 0. The fraction of sp³-hybridized carbons (Fsp3) is 0.424. The quantitative estimate of drug-likeness (QED) is 0.312. The summed E-state index contributed by atoms with van der Waals surface area (Å²) in [4.78, 5) is 16.6. The number of fused-ring (bicyclic) bond motifs is 1. The number of benzene rings is 3. The van der Waals surface area contributed by atoms with Crippen LogP contribution in [0.2, 0.25) is 0 Å². The van der Waals surface area contributed by atoms with E-state index in [1.165, 1.54) is 42.6 Å². The van der Waals surface area contributed by atoms with Crippen LogP contribution in [-0.2, 0) is 0 Å². The first-order valence-corrected chi connectivity index (χ1v) is 14.3. The number of carbonyl (C=O) groups excluding carboxylic acids is 1. The van der Waals surface area contributed by atoms with Gasteiger partial charge in [0.2, 0.25) is 0 Å². The number of hydrogen-bond donors (Lipinski definition) is 0. The Bertz CT molecular complexity index is 1230. The Kier molecular flexibility index (Phi) is 8.72. The van der Waals surface area contributed by atoms with Gasteiger partial charge in [-0.2, -0.15) is 0 Å². The third kappa shape index (κ3) is 6.39. The molecule has 6 heteroatoms. The molecule has 2 aliphatic rings. The molecule has 0 N–H and O–H groups in total. The van der Waals surface area contributed by atoms with E-state index in [-0.39, 0.29) is 17.9 Å². The van der Waals surface area contributed by atoms with Crippen LogP contribution in [0.3, 0.4) is 0 Å². The first-order valence-electron chi connectivity index (χ1n) is 14.3. The molecule has 206 valence electrons. The maximum absolute atomic E-state index is 12.5. The van der Waals surface area contributed by atoms with Crippen molar-refractivity contribution in [2.45, 2.75) is 45.4 Å². The summed E-state index contributed by atoms with van der Waals surface area (Å²) in [5.74, 6) is 2.42. The molecule has 5 rings (SSSR count). The Hall–Kier alpha value is -3.51. The van der Waals surface area contributed by atoms with Gasteiger partial charge in [0.1, 0.15) is 23.9 Å². The zero-order chi connectivity index (χ0) is 27.2. The number of rotatable bonds is 9. The summed E-state index contributed by atoms with van der Waals surface area (Å²) in [6.45, 7) is 11.8. The highest BCUT2D eigenvalue weighted by atomic mass is 16.6. The van der Waals surface area contributed by atoms with Gasteiger partial charge in [-0.05, 0) is 76.0 Å². The lowest BCUT2D eigenvalue weighted by atomic mass is 9.76. The zero-order valence-corrected chi connectivity index (χ0v) is 23.4. The second-order valence-corrected chi connectivity index (χ2v) is 10.5. The largest absolute Gasteiger partial charge is 0.492 e. The van der Waals surface area contributed by atoms with Gasteiger partial charge >= 0.3 is 6.09 Å². The third-order valence-corrected chi connectivity index (χ3v) is 7.99. The van der Waals surface area contributed by atoms with Crippen molar-refractivity contribution >= 4 is 6.09 Å². The molecule has 39 heavy (non-hydrogen) atoms. The van der Waals surface area contributed by atoms with E-state index in [0.717, 1.165) is 23.6 Å². The SMILES string of the molecule is CCN(CC)C(=O)Oc1ccc2c(c1)OC[C@H](c1ccc(C)cc1)[C@@H]2c1ccc(OCCN2CCCC2)cc1. The standard InChI is InChI=1S/C33H40N2O4/c1-4-35(5-2)33(36)39-28-16-17-29-31(22-28)38-23-30(25-10-8-24(3)9-11-25)32(29)26-12-14-27(15-13-26)37-21-20-34-18-6-7-19-34/h8-17,22,30,32H,4-7,18-21,23H2,1-3H3/t30-,32-/m1/s1. The average molecular weight is 529 g/mol. The molecule has 1 fully saturated rings. The fourth-order valence-electron chi connectivity index (χ4n) is 5.68. The predicted octanol–water partition coefficient (Wildman–Crippen LogP) is 6.62. The highest BCUT2D eigenvalue weighted by Gasteiger charge is 2.34. The summed E-state index contributed by atoms with van der Waals surface area (Å²) in [6, 6.07) is 23.0. The van der Waals surface area contributed by atoms with E-state index < -0.39 is 0 Å². The summed E-state index contributed by atoms with van der Waals surface area (Å²) in [5, 5.41) is 0. The summed E-state index contributed by atoms with van der Waals surface area (Å²) in [7, 11) is 0. The van der Waals surface area contributed by atoms with Gasteiger partial charge in [0.15, 0.2) is 0 Å². The number of hydrogen-bond acceptors (Lipinski definition) is 5. The molecule has 0 aromatic heterocycles. The minimum Gasteiger partial charge on any atom is -0.492 e. The lowest BCUT2D eigenvalue weighted by Crippen LogP contribution is -2.33. The fourth-order valence-corrected chi connectivity index (χ4v) is 5.68. The van der Waals surface area contributed by atoms with Crippen LogP contribution in [0.5, 0.6) is 17.2 Å². The summed E-state index contributed by atoms with van der Waals surface area (Å²) < 4.78 is 18.0. The number of ether oxygens (including phenoxy) is 3.